The van der Waals surface area contributed by atoms with E-state index in [4.69, 9.17) is 5.26 Å². The van der Waals surface area contributed by atoms with Gasteiger partial charge in [0.1, 0.15) is 6.54 Å². The summed E-state index contributed by atoms with van der Waals surface area (Å²) in [7, 11) is 0. The molecule has 1 amide bonds. The van der Waals surface area contributed by atoms with Crippen molar-refractivity contribution in [3.05, 3.63) is 35.4 Å². The highest BCUT2D eigenvalue weighted by molar-refractivity contribution is 5.78. The molecule has 1 aromatic carbocycles. The fourth-order valence-corrected chi connectivity index (χ4v) is 1.28. The molecule has 0 spiro atoms. The molecule has 1 aromatic rings. The maximum absolute atomic E-state index is 11.3. The topological polar surface area (TPSA) is 52.9 Å². The van der Waals surface area contributed by atoms with E-state index in [1.165, 1.54) is 5.56 Å². The van der Waals surface area contributed by atoms with Crippen molar-refractivity contribution in [2.45, 2.75) is 19.8 Å². The van der Waals surface area contributed by atoms with Crippen molar-refractivity contribution in [3.63, 3.8) is 0 Å². The van der Waals surface area contributed by atoms with Gasteiger partial charge in [-0.25, -0.2) is 0 Å². The number of nitrogens with one attached hydrogen (secondary N) is 1. The highest BCUT2D eigenvalue weighted by Gasteiger charge is 2.01. The molecule has 0 fully saturated rings. The zero-order chi connectivity index (χ0) is 11.1. The van der Waals surface area contributed by atoms with Gasteiger partial charge in [0.05, 0.1) is 12.5 Å². The molecular weight excluding hydrogens is 188 g/mol. The van der Waals surface area contributed by atoms with Crippen LogP contribution in [0.3, 0.4) is 0 Å². The van der Waals surface area contributed by atoms with Crippen LogP contribution in [0.5, 0.6) is 0 Å². The van der Waals surface area contributed by atoms with Crippen LogP contribution in [0.2, 0.25) is 0 Å². The van der Waals surface area contributed by atoms with Crippen LogP contribution in [0, 0.1) is 11.3 Å². The molecule has 0 aliphatic heterocycles. The second-order valence-electron chi connectivity index (χ2n) is 3.28. The number of nitriles is 1. The number of rotatable bonds is 4. The molecule has 15 heavy (non-hydrogen) atoms. The van der Waals surface area contributed by atoms with Gasteiger partial charge in [0.15, 0.2) is 0 Å². The molecule has 3 heteroatoms. The summed E-state index contributed by atoms with van der Waals surface area (Å²) in [6.45, 7) is 2.17. The van der Waals surface area contributed by atoms with Gasteiger partial charge >= 0.3 is 0 Å². The Kier molecular flexibility index (Phi) is 4.36. The summed E-state index contributed by atoms with van der Waals surface area (Å²) in [5.74, 6) is -0.110. The lowest BCUT2D eigenvalue weighted by molar-refractivity contribution is -0.120. The zero-order valence-corrected chi connectivity index (χ0v) is 8.79. The van der Waals surface area contributed by atoms with Crippen molar-refractivity contribution in [1.82, 2.24) is 5.32 Å². The predicted molar refractivity (Wildman–Crippen MR) is 58.1 cm³/mol. The van der Waals surface area contributed by atoms with E-state index in [1.54, 1.807) is 0 Å². The van der Waals surface area contributed by atoms with Gasteiger partial charge in [-0.15, -0.1) is 0 Å². The third kappa shape index (κ3) is 3.82. The Morgan fingerprint density at radius 3 is 2.47 bits per heavy atom. The minimum absolute atomic E-state index is 0.0753. The van der Waals surface area contributed by atoms with Crippen molar-refractivity contribution >= 4 is 5.91 Å². The largest absolute Gasteiger partial charge is 0.343 e. The Morgan fingerprint density at radius 1 is 1.33 bits per heavy atom. The summed E-state index contributed by atoms with van der Waals surface area (Å²) in [4.78, 5) is 11.3. The van der Waals surface area contributed by atoms with Crippen LogP contribution in [0.15, 0.2) is 24.3 Å². The Bertz CT molecular complexity index is 362. The number of hydrogen-bond donors (Lipinski definition) is 1. The first-order valence-electron chi connectivity index (χ1n) is 4.97. The van der Waals surface area contributed by atoms with E-state index >= 15 is 0 Å². The van der Waals surface area contributed by atoms with Crippen LogP contribution in [-0.4, -0.2) is 12.5 Å². The highest BCUT2D eigenvalue weighted by atomic mass is 16.1. The molecule has 1 N–H and O–H groups in total. The van der Waals surface area contributed by atoms with Crippen molar-refractivity contribution in [2.24, 2.45) is 0 Å². The average molecular weight is 202 g/mol. The van der Waals surface area contributed by atoms with Gasteiger partial charge in [-0.2, -0.15) is 5.26 Å². The quantitative estimate of drug-likeness (QED) is 0.751. The van der Waals surface area contributed by atoms with E-state index < -0.39 is 0 Å². The van der Waals surface area contributed by atoms with Crippen molar-refractivity contribution in [2.75, 3.05) is 6.54 Å². The maximum atomic E-state index is 11.3. The molecule has 0 radical (unpaired) electrons. The van der Waals surface area contributed by atoms with Crippen LogP contribution in [0.4, 0.5) is 0 Å². The monoisotopic (exact) mass is 202 g/mol. The Balaban J connectivity index is 2.50. The van der Waals surface area contributed by atoms with E-state index in [9.17, 15) is 4.79 Å². The summed E-state index contributed by atoms with van der Waals surface area (Å²) >= 11 is 0. The first-order valence-corrected chi connectivity index (χ1v) is 4.97. The summed E-state index contributed by atoms with van der Waals surface area (Å²) in [5.41, 5.74) is 2.24. The number of nitrogens with zero attached hydrogens (tertiary/aromatic N) is 1. The second kappa shape index (κ2) is 5.82. The molecule has 0 saturated heterocycles. The van der Waals surface area contributed by atoms with Crippen LogP contribution in [0.1, 0.15) is 18.1 Å². The summed E-state index contributed by atoms with van der Waals surface area (Å²) < 4.78 is 0. The van der Waals surface area contributed by atoms with E-state index in [0.29, 0.717) is 6.42 Å². The Hall–Kier alpha value is -1.82. The molecule has 0 unspecified atom stereocenters. The average Bonchev–Trinajstić information content (AvgIpc) is 2.27. The van der Waals surface area contributed by atoms with E-state index in [-0.39, 0.29) is 12.5 Å². The van der Waals surface area contributed by atoms with Gasteiger partial charge in [-0.1, -0.05) is 31.2 Å². The normalized spacial score (nSPS) is 9.33. The van der Waals surface area contributed by atoms with Crippen LogP contribution in [-0.2, 0) is 17.6 Å². The lowest BCUT2D eigenvalue weighted by atomic mass is 10.1. The van der Waals surface area contributed by atoms with Crippen molar-refractivity contribution < 1.29 is 4.79 Å². The van der Waals surface area contributed by atoms with E-state index in [0.717, 1.165) is 12.0 Å². The van der Waals surface area contributed by atoms with Crippen LogP contribution in [0.25, 0.3) is 0 Å². The third-order valence-corrected chi connectivity index (χ3v) is 2.16. The lowest BCUT2D eigenvalue weighted by Crippen LogP contribution is -2.25. The Morgan fingerprint density at radius 2 is 1.93 bits per heavy atom. The molecule has 1 rings (SSSR count). The molecule has 78 valence electrons. The smallest absolute Gasteiger partial charge is 0.225 e. The number of carbonyl (C=O) groups is 1. The van der Waals surface area contributed by atoms with Crippen LogP contribution >= 0.6 is 0 Å². The molecule has 0 bridgehead atoms. The SMILES string of the molecule is CCc1ccc(CC(=O)NCC#N)cc1. The molecule has 0 saturated carbocycles. The zero-order valence-electron chi connectivity index (χ0n) is 8.79. The summed E-state index contributed by atoms with van der Waals surface area (Å²) in [5, 5.41) is 10.8. The minimum Gasteiger partial charge on any atom is -0.343 e. The summed E-state index contributed by atoms with van der Waals surface area (Å²) in [6.07, 6.45) is 1.34. The molecule has 0 aliphatic rings. The third-order valence-electron chi connectivity index (χ3n) is 2.16. The molecule has 0 aromatic heterocycles. The van der Waals surface area contributed by atoms with Gasteiger partial charge in [0.25, 0.3) is 0 Å². The van der Waals surface area contributed by atoms with E-state index in [2.05, 4.69) is 12.2 Å². The number of carbonyl (C=O) groups excluding carboxylic acids is 1. The van der Waals surface area contributed by atoms with Crippen molar-refractivity contribution in [3.8, 4) is 6.07 Å². The molecule has 3 nitrogen and oxygen atoms in total. The number of hydrogen-bond acceptors (Lipinski definition) is 2. The van der Waals surface area contributed by atoms with Crippen molar-refractivity contribution in [1.29, 1.82) is 5.26 Å². The van der Waals surface area contributed by atoms with Gasteiger partial charge in [-0.05, 0) is 17.5 Å². The fourth-order valence-electron chi connectivity index (χ4n) is 1.28. The molecule has 0 aliphatic carbocycles. The van der Waals surface area contributed by atoms with Gasteiger partial charge in [-0.3, -0.25) is 4.79 Å². The molecule has 0 atom stereocenters. The second-order valence-corrected chi connectivity index (χ2v) is 3.28. The highest BCUT2D eigenvalue weighted by Crippen LogP contribution is 2.05. The first-order chi connectivity index (χ1) is 7.26. The van der Waals surface area contributed by atoms with Gasteiger partial charge in [0.2, 0.25) is 5.91 Å². The Labute approximate surface area is 89.7 Å². The van der Waals surface area contributed by atoms with E-state index in [1.807, 2.05) is 30.3 Å². The standard InChI is InChI=1S/C12H14N2O/c1-2-10-3-5-11(6-4-10)9-12(15)14-8-7-13/h3-6H,2,8-9H2,1H3,(H,14,15). The number of aryl methyl sites for hydroxylation is 1. The van der Waals surface area contributed by atoms with Gasteiger partial charge < -0.3 is 5.32 Å². The lowest BCUT2D eigenvalue weighted by Gasteiger charge is -2.02. The molecule has 0 heterocycles. The van der Waals surface area contributed by atoms with Crippen LogP contribution < -0.4 is 5.32 Å². The first kappa shape index (κ1) is 11.3. The van der Waals surface area contributed by atoms with Gasteiger partial charge in [0, 0.05) is 0 Å². The maximum Gasteiger partial charge on any atom is 0.225 e. The summed E-state index contributed by atoms with van der Waals surface area (Å²) in [6, 6.07) is 9.81. The minimum atomic E-state index is -0.110. The number of benzene rings is 1. The molecular formula is C12H14N2O. The fraction of sp³-hybridized carbons (Fsp3) is 0.333. The number of amides is 1. The predicted octanol–water partition coefficient (Wildman–Crippen LogP) is 1.43.